The molecule has 0 bridgehead atoms. The predicted octanol–water partition coefficient (Wildman–Crippen LogP) is 0.551. The van der Waals surface area contributed by atoms with Gasteiger partial charge in [-0.3, -0.25) is 4.79 Å². The topological polar surface area (TPSA) is 78.5 Å². The fraction of sp³-hybridized carbons (Fsp3) is 0.923. The molecule has 0 saturated heterocycles. The monoisotopic (exact) mass is 307 g/mol. The van der Waals surface area contributed by atoms with Crippen molar-refractivity contribution in [1.82, 2.24) is 14.9 Å². The van der Waals surface area contributed by atoms with E-state index in [0.717, 1.165) is 6.42 Å². The third kappa shape index (κ3) is 7.81. The number of amides is 1. The van der Waals surface area contributed by atoms with Crippen molar-refractivity contribution in [2.24, 2.45) is 0 Å². The molecule has 0 aliphatic carbocycles. The van der Waals surface area contributed by atoms with Gasteiger partial charge >= 0.3 is 0 Å². The molecule has 0 rings (SSSR count). The van der Waals surface area contributed by atoms with Crippen LogP contribution in [0.25, 0.3) is 0 Å². The Morgan fingerprint density at radius 3 is 2.30 bits per heavy atom. The maximum Gasteiger partial charge on any atom is 0.237 e. The predicted molar refractivity (Wildman–Crippen MR) is 82.1 cm³/mol. The Balaban J connectivity index is 3.97. The fourth-order valence-electron chi connectivity index (χ4n) is 1.70. The average Bonchev–Trinajstić information content (AvgIpc) is 2.36. The summed E-state index contributed by atoms with van der Waals surface area (Å²) in [5, 5.41) is 6.02. The van der Waals surface area contributed by atoms with Crippen molar-refractivity contribution in [3.63, 3.8) is 0 Å². The normalized spacial score (nSPS) is 15.1. The Hall–Kier alpha value is -0.660. The Morgan fingerprint density at radius 2 is 1.85 bits per heavy atom. The summed E-state index contributed by atoms with van der Waals surface area (Å²) in [6.45, 7) is 9.18. The Kier molecular flexibility index (Phi) is 9.00. The molecule has 0 aromatic heterocycles. The highest BCUT2D eigenvalue weighted by Crippen LogP contribution is 1.98. The Labute approximate surface area is 123 Å². The summed E-state index contributed by atoms with van der Waals surface area (Å²) in [6.07, 6.45) is 2.80. The van der Waals surface area contributed by atoms with Crippen LogP contribution in [-0.2, 0) is 14.8 Å². The minimum absolute atomic E-state index is 0.0187. The molecular weight excluding hydrogens is 278 g/mol. The highest BCUT2D eigenvalue weighted by atomic mass is 32.2. The van der Waals surface area contributed by atoms with Crippen LogP contribution in [0.5, 0.6) is 0 Å². The Bertz CT molecular complexity index is 384. The minimum Gasteiger partial charge on any atom is -0.352 e. The molecule has 0 saturated carbocycles. The smallest absolute Gasteiger partial charge is 0.237 e. The number of hydrogen-bond donors (Lipinski definition) is 2. The molecule has 2 N–H and O–H groups in total. The summed E-state index contributed by atoms with van der Waals surface area (Å²) in [7, 11) is -3.13. The lowest BCUT2D eigenvalue weighted by Crippen LogP contribution is -2.46. The minimum atomic E-state index is -3.13. The van der Waals surface area contributed by atoms with E-state index in [0.29, 0.717) is 26.1 Å². The van der Waals surface area contributed by atoms with Crippen LogP contribution in [0.4, 0.5) is 0 Å². The number of nitrogens with one attached hydrogen (secondary N) is 2. The summed E-state index contributed by atoms with van der Waals surface area (Å²) >= 11 is 0. The van der Waals surface area contributed by atoms with Crippen LogP contribution in [-0.4, -0.2) is 56.6 Å². The fourth-order valence-corrected chi connectivity index (χ4v) is 2.62. The van der Waals surface area contributed by atoms with Crippen molar-refractivity contribution in [3.05, 3.63) is 0 Å². The first kappa shape index (κ1) is 19.3. The standard InChI is InChI=1S/C13H29N3O3S/c1-6-11(3)15-13(17)12(4)14-9-8-10-16(7-2)20(5,18)19/h11-12,14H,6-10H2,1-5H3,(H,15,17). The van der Waals surface area contributed by atoms with Crippen LogP contribution in [0.1, 0.15) is 40.5 Å². The van der Waals surface area contributed by atoms with Gasteiger partial charge in [0.1, 0.15) is 0 Å². The van der Waals surface area contributed by atoms with Gasteiger partial charge in [-0.1, -0.05) is 13.8 Å². The number of carbonyl (C=O) groups is 1. The highest BCUT2D eigenvalue weighted by molar-refractivity contribution is 7.88. The number of carbonyl (C=O) groups excluding carboxylic acids is 1. The summed E-state index contributed by atoms with van der Waals surface area (Å²) in [4.78, 5) is 11.8. The van der Waals surface area contributed by atoms with E-state index in [1.54, 1.807) is 0 Å². The van der Waals surface area contributed by atoms with E-state index >= 15 is 0 Å². The zero-order chi connectivity index (χ0) is 15.8. The van der Waals surface area contributed by atoms with E-state index in [2.05, 4.69) is 10.6 Å². The largest absolute Gasteiger partial charge is 0.352 e. The summed E-state index contributed by atoms with van der Waals surface area (Å²) in [5.41, 5.74) is 0. The maximum atomic E-state index is 11.8. The van der Waals surface area contributed by atoms with Gasteiger partial charge in [0.2, 0.25) is 15.9 Å². The average molecular weight is 307 g/mol. The highest BCUT2D eigenvalue weighted by Gasteiger charge is 2.15. The van der Waals surface area contributed by atoms with Crippen LogP contribution in [0, 0.1) is 0 Å². The van der Waals surface area contributed by atoms with Crippen LogP contribution in [0.15, 0.2) is 0 Å². The molecule has 0 aromatic rings. The van der Waals surface area contributed by atoms with Gasteiger partial charge in [0, 0.05) is 19.1 Å². The van der Waals surface area contributed by atoms with Crippen molar-refractivity contribution >= 4 is 15.9 Å². The van der Waals surface area contributed by atoms with E-state index in [4.69, 9.17) is 0 Å². The van der Waals surface area contributed by atoms with E-state index in [9.17, 15) is 13.2 Å². The lowest BCUT2D eigenvalue weighted by Gasteiger charge is -2.20. The Morgan fingerprint density at radius 1 is 1.25 bits per heavy atom. The first-order valence-corrected chi connectivity index (χ1v) is 9.06. The second kappa shape index (κ2) is 9.31. The third-order valence-electron chi connectivity index (χ3n) is 3.25. The van der Waals surface area contributed by atoms with Crippen LogP contribution in [0.2, 0.25) is 0 Å². The van der Waals surface area contributed by atoms with Gasteiger partial charge in [0.05, 0.1) is 12.3 Å². The van der Waals surface area contributed by atoms with Crippen LogP contribution < -0.4 is 10.6 Å². The molecular formula is C13H29N3O3S. The number of nitrogens with zero attached hydrogens (tertiary/aromatic N) is 1. The number of hydrogen-bond acceptors (Lipinski definition) is 4. The molecule has 7 heteroatoms. The SMILES string of the molecule is CCC(C)NC(=O)C(C)NCCCN(CC)S(C)(=O)=O. The molecule has 2 unspecified atom stereocenters. The van der Waals surface area contributed by atoms with Crippen molar-refractivity contribution < 1.29 is 13.2 Å². The van der Waals surface area contributed by atoms with Gasteiger partial charge in [-0.2, -0.15) is 0 Å². The van der Waals surface area contributed by atoms with E-state index < -0.39 is 10.0 Å². The number of sulfonamides is 1. The molecule has 0 aliphatic rings. The third-order valence-corrected chi connectivity index (χ3v) is 4.63. The molecule has 1 amide bonds. The molecule has 0 radical (unpaired) electrons. The van der Waals surface area contributed by atoms with Gasteiger partial charge in [-0.25, -0.2) is 12.7 Å². The van der Waals surface area contributed by atoms with Gasteiger partial charge in [0.15, 0.2) is 0 Å². The zero-order valence-corrected chi connectivity index (χ0v) is 14.1. The first-order valence-electron chi connectivity index (χ1n) is 7.21. The van der Waals surface area contributed by atoms with Crippen molar-refractivity contribution in [3.8, 4) is 0 Å². The lowest BCUT2D eigenvalue weighted by molar-refractivity contribution is -0.123. The van der Waals surface area contributed by atoms with E-state index in [1.807, 2.05) is 27.7 Å². The molecule has 0 aliphatic heterocycles. The zero-order valence-electron chi connectivity index (χ0n) is 13.3. The second-order valence-electron chi connectivity index (χ2n) is 5.10. The van der Waals surface area contributed by atoms with Crippen molar-refractivity contribution in [1.29, 1.82) is 0 Å². The quantitative estimate of drug-likeness (QED) is 0.578. The van der Waals surface area contributed by atoms with Crippen LogP contribution in [0.3, 0.4) is 0 Å². The first-order chi connectivity index (χ1) is 9.22. The molecule has 0 fully saturated rings. The van der Waals surface area contributed by atoms with Gasteiger partial charge < -0.3 is 10.6 Å². The summed E-state index contributed by atoms with van der Waals surface area (Å²) in [6, 6.07) is -0.0927. The second-order valence-corrected chi connectivity index (χ2v) is 7.08. The molecule has 20 heavy (non-hydrogen) atoms. The van der Waals surface area contributed by atoms with Crippen molar-refractivity contribution in [2.75, 3.05) is 25.9 Å². The van der Waals surface area contributed by atoms with E-state index in [1.165, 1.54) is 10.6 Å². The van der Waals surface area contributed by atoms with Gasteiger partial charge in [-0.15, -0.1) is 0 Å². The van der Waals surface area contributed by atoms with Crippen LogP contribution >= 0.6 is 0 Å². The van der Waals surface area contributed by atoms with Gasteiger partial charge in [0.25, 0.3) is 0 Å². The number of rotatable bonds is 10. The maximum absolute atomic E-state index is 11.8. The molecule has 0 aromatic carbocycles. The van der Waals surface area contributed by atoms with Crippen molar-refractivity contribution in [2.45, 2.75) is 52.6 Å². The molecule has 0 spiro atoms. The molecule has 2 atom stereocenters. The summed E-state index contributed by atoms with van der Waals surface area (Å²) < 4.78 is 24.2. The lowest BCUT2D eigenvalue weighted by atomic mass is 10.2. The van der Waals surface area contributed by atoms with Gasteiger partial charge in [-0.05, 0) is 33.2 Å². The molecule has 0 heterocycles. The summed E-state index contributed by atoms with van der Waals surface area (Å²) in [5.74, 6) is -0.0187. The molecule has 6 nitrogen and oxygen atoms in total. The van der Waals surface area contributed by atoms with E-state index in [-0.39, 0.29) is 18.0 Å². The molecule has 120 valence electrons.